The van der Waals surface area contributed by atoms with Crippen LogP contribution in [0.15, 0.2) is 4.52 Å². The van der Waals surface area contributed by atoms with Crippen LogP contribution < -0.4 is 5.73 Å². The van der Waals surface area contributed by atoms with Crippen molar-refractivity contribution < 1.29 is 9.26 Å². The van der Waals surface area contributed by atoms with Crippen molar-refractivity contribution in [3.63, 3.8) is 0 Å². The quantitative estimate of drug-likeness (QED) is 0.798. The predicted octanol–water partition coefficient (Wildman–Crippen LogP) is 1.97. The fourth-order valence-electron chi connectivity index (χ4n) is 1.25. The van der Waals surface area contributed by atoms with Gasteiger partial charge in [0.05, 0.1) is 6.61 Å². The first-order valence-electron chi connectivity index (χ1n) is 5.98. The molecule has 0 amide bonds. The Kier molecular flexibility index (Phi) is 4.27. The Morgan fingerprint density at radius 3 is 2.41 bits per heavy atom. The second-order valence-corrected chi connectivity index (χ2v) is 5.64. The zero-order valence-corrected chi connectivity index (χ0v) is 11.4. The lowest BCUT2D eigenvalue weighted by Gasteiger charge is -2.20. The van der Waals surface area contributed by atoms with Crippen LogP contribution in [0.2, 0.25) is 0 Å². The van der Waals surface area contributed by atoms with Gasteiger partial charge in [-0.05, 0) is 13.3 Å². The Hall–Kier alpha value is -0.940. The Balaban J connectivity index is 2.74. The van der Waals surface area contributed by atoms with Gasteiger partial charge < -0.3 is 15.0 Å². The number of nitrogens with zero attached hydrogens (tertiary/aromatic N) is 2. The van der Waals surface area contributed by atoms with Crippen LogP contribution in [0.5, 0.6) is 0 Å². The van der Waals surface area contributed by atoms with Gasteiger partial charge in [-0.25, -0.2) is 0 Å². The molecule has 0 aromatic carbocycles. The van der Waals surface area contributed by atoms with Gasteiger partial charge in [0.1, 0.15) is 5.54 Å². The Morgan fingerprint density at radius 1 is 1.29 bits per heavy atom. The van der Waals surface area contributed by atoms with E-state index >= 15 is 0 Å². The fourth-order valence-corrected chi connectivity index (χ4v) is 1.25. The minimum absolute atomic E-state index is 0.161. The van der Waals surface area contributed by atoms with Gasteiger partial charge >= 0.3 is 0 Å². The number of aromatic nitrogens is 2. The van der Waals surface area contributed by atoms with E-state index in [2.05, 4.69) is 17.1 Å². The zero-order chi connectivity index (χ0) is 13.1. The van der Waals surface area contributed by atoms with Gasteiger partial charge in [-0.1, -0.05) is 32.9 Å². The highest BCUT2D eigenvalue weighted by molar-refractivity contribution is 5.05. The van der Waals surface area contributed by atoms with Gasteiger partial charge in [0, 0.05) is 12.0 Å². The van der Waals surface area contributed by atoms with Crippen LogP contribution in [0.25, 0.3) is 0 Å². The third-order valence-corrected chi connectivity index (χ3v) is 2.33. The molecule has 0 aliphatic heterocycles. The van der Waals surface area contributed by atoms with Crippen molar-refractivity contribution in [1.82, 2.24) is 10.1 Å². The van der Waals surface area contributed by atoms with Crippen LogP contribution in [-0.4, -0.2) is 23.4 Å². The SMILES string of the molecule is CCCOCC(C)(N)c1noc(C(C)(C)C)n1. The Bertz CT molecular complexity index is 353. The molecule has 0 aliphatic rings. The van der Waals surface area contributed by atoms with E-state index < -0.39 is 5.54 Å². The molecular formula is C12H23N3O2. The highest BCUT2D eigenvalue weighted by Gasteiger charge is 2.30. The van der Waals surface area contributed by atoms with Crippen molar-refractivity contribution in [3.05, 3.63) is 11.7 Å². The first-order chi connectivity index (χ1) is 7.77. The normalized spacial score (nSPS) is 15.9. The van der Waals surface area contributed by atoms with Crippen molar-refractivity contribution in [1.29, 1.82) is 0 Å². The van der Waals surface area contributed by atoms with E-state index in [1.165, 1.54) is 0 Å². The molecule has 1 heterocycles. The second-order valence-electron chi connectivity index (χ2n) is 5.64. The van der Waals surface area contributed by atoms with Gasteiger partial charge in [0.15, 0.2) is 5.82 Å². The molecular weight excluding hydrogens is 218 g/mol. The van der Waals surface area contributed by atoms with Gasteiger partial charge in [0.25, 0.3) is 0 Å². The summed E-state index contributed by atoms with van der Waals surface area (Å²) in [4.78, 5) is 4.35. The second kappa shape index (κ2) is 5.14. The summed E-state index contributed by atoms with van der Waals surface area (Å²) in [5, 5.41) is 3.94. The van der Waals surface area contributed by atoms with E-state index in [1.807, 2.05) is 27.7 Å². The van der Waals surface area contributed by atoms with E-state index in [-0.39, 0.29) is 5.41 Å². The maximum Gasteiger partial charge on any atom is 0.232 e. The van der Waals surface area contributed by atoms with Crippen LogP contribution in [0.3, 0.4) is 0 Å². The van der Waals surface area contributed by atoms with Crippen LogP contribution in [0, 0.1) is 0 Å². The highest BCUT2D eigenvalue weighted by Crippen LogP contribution is 2.23. The molecule has 1 unspecified atom stereocenters. The maximum absolute atomic E-state index is 6.13. The molecule has 5 heteroatoms. The van der Waals surface area contributed by atoms with Gasteiger partial charge in [-0.2, -0.15) is 4.98 Å². The molecule has 0 bridgehead atoms. The maximum atomic E-state index is 6.13. The number of hydrogen-bond acceptors (Lipinski definition) is 5. The van der Waals surface area contributed by atoms with Crippen molar-refractivity contribution in [2.24, 2.45) is 5.73 Å². The molecule has 0 fully saturated rings. The highest BCUT2D eigenvalue weighted by atomic mass is 16.5. The van der Waals surface area contributed by atoms with E-state index in [1.54, 1.807) is 0 Å². The molecule has 0 spiro atoms. The lowest BCUT2D eigenvalue weighted by molar-refractivity contribution is 0.0867. The molecule has 1 aromatic heterocycles. The van der Waals surface area contributed by atoms with Crippen LogP contribution in [0.4, 0.5) is 0 Å². The van der Waals surface area contributed by atoms with Gasteiger partial charge in [-0.15, -0.1) is 0 Å². The molecule has 0 radical (unpaired) electrons. The molecule has 1 atom stereocenters. The van der Waals surface area contributed by atoms with Crippen molar-refractivity contribution in [2.75, 3.05) is 13.2 Å². The topological polar surface area (TPSA) is 74.2 Å². The summed E-state index contributed by atoms with van der Waals surface area (Å²) in [6, 6.07) is 0. The zero-order valence-electron chi connectivity index (χ0n) is 11.4. The Labute approximate surface area is 103 Å². The number of ether oxygens (including phenoxy) is 1. The minimum atomic E-state index is -0.706. The van der Waals surface area contributed by atoms with Crippen LogP contribution in [-0.2, 0) is 15.7 Å². The smallest absolute Gasteiger partial charge is 0.232 e. The molecule has 0 aliphatic carbocycles. The summed E-state index contributed by atoms with van der Waals surface area (Å²) in [5.74, 6) is 1.10. The number of nitrogens with two attached hydrogens (primary N) is 1. The molecule has 1 rings (SSSR count). The predicted molar refractivity (Wildman–Crippen MR) is 65.6 cm³/mol. The summed E-state index contributed by atoms with van der Waals surface area (Å²) in [7, 11) is 0. The third-order valence-electron chi connectivity index (χ3n) is 2.33. The van der Waals surface area contributed by atoms with Crippen molar-refractivity contribution in [2.45, 2.75) is 52.0 Å². The summed E-state index contributed by atoms with van der Waals surface area (Å²) in [5.41, 5.74) is 5.26. The molecule has 0 saturated heterocycles. The summed E-state index contributed by atoms with van der Waals surface area (Å²) < 4.78 is 10.7. The summed E-state index contributed by atoms with van der Waals surface area (Å²) >= 11 is 0. The van der Waals surface area contributed by atoms with Gasteiger partial charge in [0.2, 0.25) is 5.89 Å². The summed E-state index contributed by atoms with van der Waals surface area (Å²) in [6.07, 6.45) is 0.968. The average Bonchev–Trinajstić information content (AvgIpc) is 2.66. The summed E-state index contributed by atoms with van der Waals surface area (Å²) in [6.45, 7) is 11.0. The lowest BCUT2D eigenvalue weighted by atomic mass is 9.97. The first-order valence-corrected chi connectivity index (χ1v) is 5.98. The van der Waals surface area contributed by atoms with Crippen LogP contribution >= 0.6 is 0 Å². The number of rotatable bonds is 5. The standard InChI is InChI=1S/C12H23N3O2/c1-6-7-16-8-12(5,13)9-14-10(17-15-9)11(2,3)4/h6-8,13H2,1-5H3. The van der Waals surface area contributed by atoms with Crippen molar-refractivity contribution in [3.8, 4) is 0 Å². The fraction of sp³-hybridized carbons (Fsp3) is 0.833. The monoisotopic (exact) mass is 241 g/mol. The van der Waals surface area contributed by atoms with Gasteiger partial charge in [-0.3, -0.25) is 0 Å². The average molecular weight is 241 g/mol. The van der Waals surface area contributed by atoms with E-state index in [0.717, 1.165) is 6.42 Å². The van der Waals surface area contributed by atoms with E-state index in [4.69, 9.17) is 15.0 Å². The largest absolute Gasteiger partial charge is 0.379 e. The molecule has 1 aromatic rings. The molecule has 17 heavy (non-hydrogen) atoms. The third kappa shape index (κ3) is 3.78. The Morgan fingerprint density at radius 2 is 1.94 bits per heavy atom. The van der Waals surface area contributed by atoms with E-state index in [9.17, 15) is 0 Å². The molecule has 2 N–H and O–H groups in total. The molecule has 98 valence electrons. The molecule has 0 saturated carbocycles. The van der Waals surface area contributed by atoms with Crippen molar-refractivity contribution >= 4 is 0 Å². The molecule has 5 nitrogen and oxygen atoms in total. The van der Waals surface area contributed by atoms with Crippen LogP contribution in [0.1, 0.15) is 52.8 Å². The minimum Gasteiger partial charge on any atom is -0.379 e. The number of hydrogen-bond donors (Lipinski definition) is 1. The first kappa shape index (κ1) is 14.1. The lowest BCUT2D eigenvalue weighted by Crippen LogP contribution is -2.39. The van der Waals surface area contributed by atoms with E-state index in [0.29, 0.717) is 24.9 Å².